The normalized spacial score (nSPS) is 36.6. The number of rotatable bonds is 4. The number of carbonyl (C=O) groups is 1. The smallest absolute Gasteiger partial charge is 0.223 e. The molecule has 0 radical (unpaired) electrons. The molecule has 4 heteroatoms. The lowest BCUT2D eigenvalue weighted by atomic mass is 9.85. The van der Waals surface area contributed by atoms with E-state index in [1.54, 1.807) is 0 Å². The summed E-state index contributed by atoms with van der Waals surface area (Å²) in [5, 5.41) is 12.3. The SMILES string of the molecule is NC1CCCC(C(=O)NCC2CCCC2CO)C1. The number of aliphatic hydroxyl groups excluding tert-OH is 1. The van der Waals surface area contributed by atoms with Crippen molar-refractivity contribution in [3.05, 3.63) is 0 Å². The van der Waals surface area contributed by atoms with Crippen molar-refractivity contribution < 1.29 is 9.90 Å². The molecule has 2 aliphatic carbocycles. The first kappa shape index (κ1) is 13.8. The molecule has 4 atom stereocenters. The van der Waals surface area contributed by atoms with Crippen LogP contribution in [0.4, 0.5) is 0 Å². The summed E-state index contributed by atoms with van der Waals surface area (Å²) < 4.78 is 0. The summed E-state index contributed by atoms with van der Waals surface area (Å²) in [7, 11) is 0. The molecule has 104 valence electrons. The van der Waals surface area contributed by atoms with Gasteiger partial charge in [-0.05, 0) is 43.9 Å². The zero-order valence-corrected chi connectivity index (χ0v) is 11.1. The highest BCUT2D eigenvalue weighted by Crippen LogP contribution is 2.31. The van der Waals surface area contributed by atoms with Crippen LogP contribution in [0.5, 0.6) is 0 Å². The average molecular weight is 254 g/mol. The number of carbonyl (C=O) groups excluding carboxylic acids is 1. The van der Waals surface area contributed by atoms with Crippen LogP contribution in [0.2, 0.25) is 0 Å². The standard InChI is InChI=1S/C14H26N2O2/c15-13-6-2-3-10(7-13)14(18)16-8-11-4-1-5-12(11)9-17/h10-13,17H,1-9,15H2,(H,16,18). The van der Waals surface area contributed by atoms with Gasteiger partial charge in [0, 0.05) is 25.1 Å². The summed E-state index contributed by atoms with van der Waals surface area (Å²) in [5.74, 6) is 1.14. The monoisotopic (exact) mass is 254 g/mol. The van der Waals surface area contributed by atoms with Crippen molar-refractivity contribution in [2.24, 2.45) is 23.5 Å². The van der Waals surface area contributed by atoms with Crippen LogP contribution in [-0.4, -0.2) is 30.2 Å². The molecule has 0 spiro atoms. The van der Waals surface area contributed by atoms with E-state index < -0.39 is 0 Å². The molecule has 4 N–H and O–H groups in total. The van der Waals surface area contributed by atoms with E-state index in [0.717, 1.165) is 45.1 Å². The van der Waals surface area contributed by atoms with Crippen molar-refractivity contribution in [2.45, 2.75) is 51.0 Å². The van der Waals surface area contributed by atoms with Crippen LogP contribution < -0.4 is 11.1 Å². The summed E-state index contributed by atoms with van der Waals surface area (Å²) in [6.07, 6.45) is 7.36. The van der Waals surface area contributed by atoms with Gasteiger partial charge in [0.15, 0.2) is 0 Å². The van der Waals surface area contributed by atoms with E-state index >= 15 is 0 Å². The highest BCUT2D eigenvalue weighted by atomic mass is 16.3. The lowest BCUT2D eigenvalue weighted by Crippen LogP contribution is -2.40. The summed E-state index contributed by atoms with van der Waals surface area (Å²) in [4.78, 5) is 12.1. The minimum absolute atomic E-state index is 0.114. The minimum atomic E-state index is 0.114. The number of nitrogens with two attached hydrogens (primary N) is 1. The largest absolute Gasteiger partial charge is 0.396 e. The Morgan fingerprint density at radius 2 is 1.89 bits per heavy atom. The van der Waals surface area contributed by atoms with Gasteiger partial charge in [0.05, 0.1) is 0 Å². The summed E-state index contributed by atoms with van der Waals surface area (Å²) >= 11 is 0. The van der Waals surface area contributed by atoms with Crippen molar-refractivity contribution in [3.8, 4) is 0 Å². The Bertz CT molecular complexity index is 283. The zero-order chi connectivity index (χ0) is 13.0. The van der Waals surface area contributed by atoms with Crippen molar-refractivity contribution >= 4 is 5.91 Å². The maximum atomic E-state index is 12.1. The molecule has 4 unspecified atom stereocenters. The second-order valence-corrected chi connectivity index (χ2v) is 6.00. The summed E-state index contributed by atoms with van der Waals surface area (Å²) in [6.45, 7) is 0.991. The van der Waals surface area contributed by atoms with Gasteiger partial charge < -0.3 is 16.2 Å². The molecule has 0 aromatic carbocycles. The first-order valence-electron chi connectivity index (χ1n) is 7.35. The van der Waals surface area contributed by atoms with E-state index in [1.165, 1.54) is 6.42 Å². The number of nitrogens with one attached hydrogen (secondary N) is 1. The third kappa shape index (κ3) is 3.45. The lowest BCUT2D eigenvalue weighted by molar-refractivity contribution is -0.126. The van der Waals surface area contributed by atoms with Crippen molar-refractivity contribution in [1.82, 2.24) is 5.32 Å². The van der Waals surface area contributed by atoms with E-state index in [4.69, 9.17) is 5.73 Å². The zero-order valence-electron chi connectivity index (χ0n) is 11.1. The molecular weight excluding hydrogens is 228 g/mol. The van der Waals surface area contributed by atoms with Crippen molar-refractivity contribution in [1.29, 1.82) is 0 Å². The fourth-order valence-corrected chi connectivity index (χ4v) is 3.46. The molecule has 2 aliphatic rings. The maximum Gasteiger partial charge on any atom is 0.223 e. The molecule has 0 bridgehead atoms. The predicted molar refractivity (Wildman–Crippen MR) is 70.9 cm³/mol. The second kappa shape index (κ2) is 6.53. The first-order chi connectivity index (χ1) is 8.70. The Hall–Kier alpha value is -0.610. The van der Waals surface area contributed by atoms with E-state index in [2.05, 4.69) is 5.32 Å². The number of amides is 1. The molecule has 0 aromatic rings. The molecule has 1 amide bonds. The van der Waals surface area contributed by atoms with Crippen LogP contribution in [0, 0.1) is 17.8 Å². The first-order valence-corrected chi connectivity index (χ1v) is 7.35. The van der Waals surface area contributed by atoms with E-state index in [-0.39, 0.29) is 24.5 Å². The molecule has 0 aromatic heterocycles. The van der Waals surface area contributed by atoms with Gasteiger partial charge in [0.1, 0.15) is 0 Å². The van der Waals surface area contributed by atoms with Gasteiger partial charge in [-0.15, -0.1) is 0 Å². The molecule has 18 heavy (non-hydrogen) atoms. The Kier molecular flexibility index (Phi) is 5.01. The van der Waals surface area contributed by atoms with Gasteiger partial charge >= 0.3 is 0 Å². The molecular formula is C14H26N2O2. The molecule has 2 fully saturated rings. The van der Waals surface area contributed by atoms with E-state index in [1.807, 2.05) is 0 Å². The van der Waals surface area contributed by atoms with Crippen LogP contribution in [0.1, 0.15) is 44.9 Å². The summed E-state index contributed by atoms with van der Waals surface area (Å²) in [5.41, 5.74) is 5.91. The Morgan fingerprint density at radius 1 is 1.17 bits per heavy atom. The summed E-state index contributed by atoms with van der Waals surface area (Å²) in [6, 6.07) is 0.200. The van der Waals surface area contributed by atoms with Gasteiger partial charge in [-0.3, -0.25) is 4.79 Å². The van der Waals surface area contributed by atoms with Gasteiger partial charge in [-0.25, -0.2) is 0 Å². The van der Waals surface area contributed by atoms with Crippen LogP contribution in [0.25, 0.3) is 0 Å². The van der Waals surface area contributed by atoms with Gasteiger partial charge in [-0.2, -0.15) is 0 Å². The highest BCUT2D eigenvalue weighted by molar-refractivity contribution is 5.78. The molecule has 2 saturated carbocycles. The molecule has 0 heterocycles. The van der Waals surface area contributed by atoms with Crippen molar-refractivity contribution in [2.75, 3.05) is 13.2 Å². The van der Waals surface area contributed by atoms with Gasteiger partial charge in [0.2, 0.25) is 5.91 Å². The quantitative estimate of drug-likeness (QED) is 0.701. The molecule has 2 rings (SSSR count). The molecule has 0 aliphatic heterocycles. The lowest BCUT2D eigenvalue weighted by Gasteiger charge is -2.26. The Labute approximate surface area is 109 Å². The van der Waals surface area contributed by atoms with Gasteiger partial charge in [-0.1, -0.05) is 12.8 Å². The number of aliphatic hydroxyl groups is 1. The van der Waals surface area contributed by atoms with Crippen LogP contribution >= 0.6 is 0 Å². The fourth-order valence-electron chi connectivity index (χ4n) is 3.46. The number of hydrogen-bond acceptors (Lipinski definition) is 3. The van der Waals surface area contributed by atoms with E-state index in [0.29, 0.717) is 11.8 Å². The van der Waals surface area contributed by atoms with Crippen LogP contribution in [0.3, 0.4) is 0 Å². The van der Waals surface area contributed by atoms with Crippen molar-refractivity contribution in [3.63, 3.8) is 0 Å². The third-order valence-corrected chi connectivity index (χ3v) is 4.68. The third-order valence-electron chi connectivity index (χ3n) is 4.68. The van der Waals surface area contributed by atoms with Crippen LogP contribution in [0.15, 0.2) is 0 Å². The molecule has 4 nitrogen and oxygen atoms in total. The Balaban J connectivity index is 1.74. The maximum absolute atomic E-state index is 12.1. The highest BCUT2D eigenvalue weighted by Gasteiger charge is 2.29. The average Bonchev–Trinajstić information content (AvgIpc) is 2.83. The van der Waals surface area contributed by atoms with E-state index in [9.17, 15) is 9.90 Å². The topological polar surface area (TPSA) is 75.4 Å². The molecule has 0 saturated heterocycles. The minimum Gasteiger partial charge on any atom is -0.396 e. The fraction of sp³-hybridized carbons (Fsp3) is 0.929. The predicted octanol–water partition coefficient (Wildman–Crippen LogP) is 1.03. The Morgan fingerprint density at radius 3 is 2.61 bits per heavy atom. The number of hydrogen-bond donors (Lipinski definition) is 3. The van der Waals surface area contributed by atoms with Gasteiger partial charge in [0.25, 0.3) is 0 Å². The second-order valence-electron chi connectivity index (χ2n) is 6.00. The van der Waals surface area contributed by atoms with Crippen LogP contribution in [-0.2, 0) is 4.79 Å².